The Balaban J connectivity index is 2.09. The minimum Gasteiger partial charge on any atom is -0.331 e. The van der Waals surface area contributed by atoms with E-state index in [4.69, 9.17) is 11.6 Å². The molecular weight excluding hydrogens is 262 g/mol. The van der Waals surface area contributed by atoms with Gasteiger partial charge in [0.2, 0.25) is 0 Å². The van der Waals surface area contributed by atoms with E-state index in [1.807, 2.05) is 19.1 Å². The summed E-state index contributed by atoms with van der Waals surface area (Å²) in [7, 11) is 0. The lowest BCUT2D eigenvalue weighted by Crippen LogP contribution is -2.28. The van der Waals surface area contributed by atoms with Crippen molar-refractivity contribution in [2.45, 2.75) is 6.92 Å². The number of aryl methyl sites for hydroxylation is 1. The zero-order valence-electron chi connectivity index (χ0n) is 10.4. The van der Waals surface area contributed by atoms with Gasteiger partial charge in [-0.15, -0.1) is 0 Å². The molecule has 0 radical (unpaired) electrons. The van der Waals surface area contributed by atoms with E-state index >= 15 is 0 Å². The SMILES string of the molecule is Cc1ncnc2cc(C(=O)N3CC=CC3)c(Cl)cc12. The fourth-order valence-electron chi connectivity index (χ4n) is 2.18. The summed E-state index contributed by atoms with van der Waals surface area (Å²) in [5, 5.41) is 1.32. The second kappa shape index (κ2) is 4.63. The van der Waals surface area contributed by atoms with Crippen molar-refractivity contribution in [2.75, 3.05) is 13.1 Å². The van der Waals surface area contributed by atoms with Crippen LogP contribution in [0.4, 0.5) is 0 Å². The van der Waals surface area contributed by atoms with Crippen molar-refractivity contribution in [1.82, 2.24) is 14.9 Å². The normalized spacial score (nSPS) is 14.3. The maximum absolute atomic E-state index is 12.4. The van der Waals surface area contributed by atoms with Crippen LogP contribution in [0.3, 0.4) is 0 Å². The molecule has 1 aliphatic heterocycles. The van der Waals surface area contributed by atoms with Gasteiger partial charge in [-0.25, -0.2) is 9.97 Å². The van der Waals surface area contributed by atoms with Crippen molar-refractivity contribution in [1.29, 1.82) is 0 Å². The Morgan fingerprint density at radius 1 is 1.26 bits per heavy atom. The molecule has 0 fully saturated rings. The average Bonchev–Trinajstić information content (AvgIpc) is 2.92. The Kier molecular flexibility index (Phi) is 2.95. The van der Waals surface area contributed by atoms with Gasteiger partial charge in [0, 0.05) is 24.2 Å². The van der Waals surface area contributed by atoms with Crippen LogP contribution in [0.25, 0.3) is 10.9 Å². The molecule has 2 heterocycles. The molecular formula is C14H12ClN3O. The third kappa shape index (κ3) is 2.08. The predicted octanol–water partition coefficient (Wildman–Crippen LogP) is 2.60. The molecule has 96 valence electrons. The highest BCUT2D eigenvalue weighted by Crippen LogP contribution is 2.25. The van der Waals surface area contributed by atoms with Gasteiger partial charge in [0.15, 0.2) is 0 Å². The molecule has 1 amide bonds. The lowest BCUT2D eigenvalue weighted by molar-refractivity contribution is 0.0800. The van der Waals surface area contributed by atoms with E-state index in [1.165, 1.54) is 6.33 Å². The zero-order valence-corrected chi connectivity index (χ0v) is 11.2. The van der Waals surface area contributed by atoms with Crippen LogP contribution < -0.4 is 0 Å². The van der Waals surface area contributed by atoms with E-state index in [2.05, 4.69) is 9.97 Å². The minimum absolute atomic E-state index is 0.0619. The number of amides is 1. The highest BCUT2D eigenvalue weighted by molar-refractivity contribution is 6.34. The lowest BCUT2D eigenvalue weighted by atomic mass is 10.1. The van der Waals surface area contributed by atoms with Gasteiger partial charge in [-0.3, -0.25) is 4.79 Å². The predicted molar refractivity (Wildman–Crippen MR) is 74.3 cm³/mol. The van der Waals surface area contributed by atoms with Crippen LogP contribution in [-0.2, 0) is 0 Å². The summed E-state index contributed by atoms with van der Waals surface area (Å²) in [6, 6.07) is 3.51. The summed E-state index contributed by atoms with van der Waals surface area (Å²) >= 11 is 6.23. The minimum atomic E-state index is -0.0619. The van der Waals surface area contributed by atoms with E-state index in [0.717, 1.165) is 16.6 Å². The molecule has 0 spiro atoms. The number of carbonyl (C=O) groups excluding carboxylic acids is 1. The van der Waals surface area contributed by atoms with Gasteiger partial charge in [0.25, 0.3) is 5.91 Å². The number of hydrogen-bond donors (Lipinski definition) is 0. The highest BCUT2D eigenvalue weighted by atomic mass is 35.5. The number of halogens is 1. The molecule has 0 bridgehead atoms. The number of nitrogens with zero attached hydrogens (tertiary/aromatic N) is 3. The highest BCUT2D eigenvalue weighted by Gasteiger charge is 2.20. The van der Waals surface area contributed by atoms with Crippen LogP contribution in [-0.4, -0.2) is 33.9 Å². The number of hydrogen-bond acceptors (Lipinski definition) is 3. The second-order valence-corrected chi connectivity index (χ2v) is 4.90. The van der Waals surface area contributed by atoms with Crippen molar-refractivity contribution < 1.29 is 4.79 Å². The van der Waals surface area contributed by atoms with Crippen LogP contribution in [0.15, 0.2) is 30.6 Å². The van der Waals surface area contributed by atoms with E-state index in [9.17, 15) is 4.79 Å². The first-order chi connectivity index (χ1) is 9.16. The average molecular weight is 274 g/mol. The van der Waals surface area contributed by atoms with Crippen molar-refractivity contribution in [3.05, 3.63) is 46.9 Å². The third-order valence-corrected chi connectivity index (χ3v) is 3.57. The summed E-state index contributed by atoms with van der Waals surface area (Å²) in [6.07, 6.45) is 5.44. The van der Waals surface area contributed by atoms with Crippen molar-refractivity contribution >= 4 is 28.4 Å². The van der Waals surface area contributed by atoms with Gasteiger partial charge < -0.3 is 4.90 Å². The zero-order chi connectivity index (χ0) is 13.4. The van der Waals surface area contributed by atoms with Crippen LogP contribution in [0.1, 0.15) is 16.1 Å². The summed E-state index contributed by atoms with van der Waals surface area (Å²) in [6.45, 7) is 3.16. The molecule has 1 aromatic carbocycles. The number of aromatic nitrogens is 2. The third-order valence-electron chi connectivity index (χ3n) is 3.26. The summed E-state index contributed by atoms with van der Waals surface area (Å²) in [4.78, 5) is 22.4. The number of rotatable bonds is 1. The maximum atomic E-state index is 12.4. The molecule has 0 atom stereocenters. The Hall–Kier alpha value is -1.94. The first kappa shape index (κ1) is 12.1. The first-order valence-electron chi connectivity index (χ1n) is 6.02. The number of fused-ring (bicyclic) bond motifs is 1. The summed E-state index contributed by atoms with van der Waals surface area (Å²) < 4.78 is 0. The topological polar surface area (TPSA) is 46.1 Å². The Morgan fingerprint density at radius 3 is 2.74 bits per heavy atom. The maximum Gasteiger partial charge on any atom is 0.256 e. The van der Waals surface area contributed by atoms with Gasteiger partial charge in [-0.2, -0.15) is 0 Å². The van der Waals surface area contributed by atoms with E-state index in [1.54, 1.807) is 17.0 Å². The lowest BCUT2D eigenvalue weighted by Gasteiger charge is -2.16. The molecule has 3 rings (SSSR count). The monoisotopic (exact) mass is 273 g/mol. The van der Waals surface area contributed by atoms with Crippen LogP contribution in [0.2, 0.25) is 5.02 Å². The summed E-state index contributed by atoms with van der Waals surface area (Å²) in [5.74, 6) is -0.0619. The molecule has 0 aliphatic carbocycles. The molecule has 2 aromatic rings. The Morgan fingerprint density at radius 2 is 2.00 bits per heavy atom. The van der Waals surface area contributed by atoms with E-state index in [0.29, 0.717) is 23.7 Å². The molecule has 0 unspecified atom stereocenters. The molecule has 5 heteroatoms. The largest absolute Gasteiger partial charge is 0.331 e. The van der Waals surface area contributed by atoms with Crippen LogP contribution >= 0.6 is 11.6 Å². The smallest absolute Gasteiger partial charge is 0.256 e. The molecule has 0 saturated heterocycles. The number of benzene rings is 1. The summed E-state index contributed by atoms with van der Waals surface area (Å²) in [5.41, 5.74) is 2.09. The van der Waals surface area contributed by atoms with Gasteiger partial charge in [-0.1, -0.05) is 23.8 Å². The standard InChI is InChI=1S/C14H12ClN3O/c1-9-10-6-12(15)11(7-13(10)17-8-16-9)14(19)18-4-2-3-5-18/h2-3,6-8H,4-5H2,1H3. The van der Waals surface area contributed by atoms with Gasteiger partial charge >= 0.3 is 0 Å². The first-order valence-corrected chi connectivity index (χ1v) is 6.40. The molecule has 1 aromatic heterocycles. The fourth-order valence-corrected chi connectivity index (χ4v) is 2.43. The van der Waals surface area contributed by atoms with Gasteiger partial charge in [-0.05, 0) is 19.1 Å². The van der Waals surface area contributed by atoms with Crippen molar-refractivity contribution in [3.8, 4) is 0 Å². The van der Waals surface area contributed by atoms with E-state index in [-0.39, 0.29) is 5.91 Å². The van der Waals surface area contributed by atoms with Crippen LogP contribution in [0.5, 0.6) is 0 Å². The molecule has 4 nitrogen and oxygen atoms in total. The second-order valence-electron chi connectivity index (χ2n) is 4.49. The molecule has 19 heavy (non-hydrogen) atoms. The number of carbonyl (C=O) groups is 1. The van der Waals surface area contributed by atoms with E-state index < -0.39 is 0 Å². The van der Waals surface area contributed by atoms with Crippen molar-refractivity contribution in [3.63, 3.8) is 0 Å². The molecule has 0 saturated carbocycles. The Labute approximate surface area is 115 Å². The molecule has 0 N–H and O–H groups in total. The van der Waals surface area contributed by atoms with Crippen LogP contribution in [0, 0.1) is 6.92 Å². The van der Waals surface area contributed by atoms with Crippen molar-refractivity contribution in [2.24, 2.45) is 0 Å². The fraction of sp³-hybridized carbons (Fsp3) is 0.214. The van der Waals surface area contributed by atoms with Gasteiger partial charge in [0.1, 0.15) is 6.33 Å². The Bertz CT molecular complexity index is 688. The van der Waals surface area contributed by atoms with Gasteiger partial charge in [0.05, 0.1) is 16.1 Å². The quantitative estimate of drug-likeness (QED) is 0.751. The molecule has 1 aliphatic rings.